The van der Waals surface area contributed by atoms with E-state index in [0.29, 0.717) is 43.1 Å². The maximum absolute atomic E-state index is 12.5. The number of hydrogen-bond acceptors (Lipinski definition) is 3. The molecule has 0 aromatic heterocycles. The molecule has 2 heterocycles. The molecule has 2 aliphatic rings. The molecular formula is C16H20ClNO3. The van der Waals surface area contributed by atoms with Crippen LogP contribution in [0.1, 0.15) is 36.0 Å². The van der Waals surface area contributed by atoms with Crippen molar-refractivity contribution in [2.24, 2.45) is 0 Å². The van der Waals surface area contributed by atoms with Crippen molar-refractivity contribution in [3.8, 4) is 0 Å². The Balaban J connectivity index is 1.68. The fraction of sp³-hybridized carbons (Fsp3) is 0.562. The second-order valence-corrected chi connectivity index (χ2v) is 6.25. The fourth-order valence-electron chi connectivity index (χ4n) is 3.28. The number of aliphatic hydroxyl groups is 1. The first-order valence-corrected chi connectivity index (χ1v) is 7.86. The van der Waals surface area contributed by atoms with Crippen molar-refractivity contribution in [1.82, 2.24) is 4.90 Å². The summed E-state index contributed by atoms with van der Waals surface area (Å²) >= 11 is 6.09. The number of carbonyl (C=O) groups excluding carboxylic acids is 1. The molecule has 1 unspecified atom stereocenters. The van der Waals surface area contributed by atoms with Crippen LogP contribution in [0.4, 0.5) is 0 Å². The predicted octanol–water partition coefficient (Wildman–Crippen LogP) is 2.49. The largest absolute Gasteiger partial charge is 0.390 e. The lowest BCUT2D eigenvalue weighted by atomic mass is 9.82. The minimum Gasteiger partial charge on any atom is -0.390 e. The number of ether oxygens (including phenoxy) is 1. The van der Waals surface area contributed by atoms with Gasteiger partial charge in [0.25, 0.3) is 5.91 Å². The minimum atomic E-state index is -0.449. The van der Waals surface area contributed by atoms with E-state index in [9.17, 15) is 9.90 Å². The lowest BCUT2D eigenvalue weighted by molar-refractivity contribution is -0.174. The van der Waals surface area contributed by atoms with Gasteiger partial charge < -0.3 is 14.7 Å². The normalized spacial score (nSPS) is 25.0. The molecule has 0 radical (unpaired) electrons. The van der Waals surface area contributed by atoms with Gasteiger partial charge in [0.15, 0.2) is 0 Å². The summed E-state index contributed by atoms with van der Waals surface area (Å²) in [5.41, 5.74) is 0.0930. The van der Waals surface area contributed by atoms with E-state index in [0.717, 1.165) is 12.8 Å². The molecule has 5 heteroatoms. The summed E-state index contributed by atoms with van der Waals surface area (Å²) in [5.74, 6) is -0.0410. The first-order chi connectivity index (χ1) is 10.1. The Morgan fingerprint density at radius 1 is 1.33 bits per heavy atom. The van der Waals surface area contributed by atoms with E-state index in [-0.39, 0.29) is 5.91 Å². The minimum absolute atomic E-state index is 0.0410. The van der Waals surface area contributed by atoms with Crippen LogP contribution in [-0.2, 0) is 4.74 Å². The molecule has 1 amide bonds. The van der Waals surface area contributed by atoms with Gasteiger partial charge in [-0.05, 0) is 37.8 Å². The van der Waals surface area contributed by atoms with Gasteiger partial charge in [0.1, 0.15) is 0 Å². The molecule has 2 saturated heterocycles. The smallest absolute Gasteiger partial charge is 0.255 e. The van der Waals surface area contributed by atoms with Crippen LogP contribution < -0.4 is 0 Å². The van der Waals surface area contributed by atoms with Crippen LogP contribution >= 0.6 is 11.6 Å². The second kappa shape index (κ2) is 5.95. The van der Waals surface area contributed by atoms with Crippen LogP contribution in [0.15, 0.2) is 24.3 Å². The van der Waals surface area contributed by atoms with E-state index in [2.05, 4.69) is 0 Å². The van der Waals surface area contributed by atoms with Gasteiger partial charge in [-0.2, -0.15) is 0 Å². The lowest BCUT2D eigenvalue weighted by Crippen LogP contribution is -2.56. The van der Waals surface area contributed by atoms with Gasteiger partial charge >= 0.3 is 0 Å². The summed E-state index contributed by atoms with van der Waals surface area (Å²) in [7, 11) is 0. The first-order valence-electron chi connectivity index (χ1n) is 7.48. The van der Waals surface area contributed by atoms with Crippen molar-refractivity contribution in [1.29, 1.82) is 0 Å². The van der Waals surface area contributed by atoms with Gasteiger partial charge in [0.2, 0.25) is 0 Å². The van der Waals surface area contributed by atoms with Crippen molar-refractivity contribution in [2.45, 2.75) is 37.4 Å². The fourth-order valence-corrected chi connectivity index (χ4v) is 3.50. The molecule has 1 atom stereocenters. The Bertz CT molecular complexity index is 526. The summed E-state index contributed by atoms with van der Waals surface area (Å²) < 4.78 is 5.86. The van der Waals surface area contributed by atoms with Crippen LogP contribution in [0.5, 0.6) is 0 Å². The molecule has 2 fully saturated rings. The maximum Gasteiger partial charge on any atom is 0.255 e. The number of carbonyl (C=O) groups is 1. The highest BCUT2D eigenvalue weighted by molar-refractivity contribution is 6.33. The lowest BCUT2D eigenvalue weighted by Gasteiger charge is -2.46. The van der Waals surface area contributed by atoms with E-state index >= 15 is 0 Å². The zero-order valence-electron chi connectivity index (χ0n) is 11.9. The number of nitrogens with zero attached hydrogens (tertiary/aromatic N) is 1. The summed E-state index contributed by atoms with van der Waals surface area (Å²) in [6.45, 7) is 1.90. The van der Waals surface area contributed by atoms with Crippen LogP contribution in [-0.4, -0.2) is 47.3 Å². The molecule has 21 heavy (non-hydrogen) atoms. The van der Waals surface area contributed by atoms with E-state index < -0.39 is 11.7 Å². The monoisotopic (exact) mass is 309 g/mol. The van der Waals surface area contributed by atoms with Gasteiger partial charge in [0.05, 0.1) is 22.3 Å². The first kappa shape index (κ1) is 14.8. The van der Waals surface area contributed by atoms with Gasteiger partial charge in [-0.25, -0.2) is 0 Å². The number of rotatable bonds is 1. The second-order valence-electron chi connectivity index (χ2n) is 5.84. The van der Waals surface area contributed by atoms with Crippen molar-refractivity contribution in [3.63, 3.8) is 0 Å². The molecular weight excluding hydrogens is 290 g/mol. The van der Waals surface area contributed by atoms with Gasteiger partial charge in [0, 0.05) is 19.7 Å². The summed E-state index contributed by atoms with van der Waals surface area (Å²) in [6.07, 6.45) is 2.65. The summed E-state index contributed by atoms with van der Waals surface area (Å²) in [5, 5.41) is 10.7. The topological polar surface area (TPSA) is 49.8 Å². The summed E-state index contributed by atoms with van der Waals surface area (Å²) in [4.78, 5) is 14.3. The standard InChI is InChI=1S/C16H20ClNO3/c17-13-5-2-1-4-12(13)15(20)18-9-7-16(8-10-18)14(19)6-3-11-21-16/h1-2,4-5,14,19H,3,6-11H2. The molecule has 1 aromatic carbocycles. The molecule has 2 aliphatic heterocycles. The van der Waals surface area contributed by atoms with E-state index in [1.807, 2.05) is 12.1 Å². The number of aliphatic hydroxyl groups excluding tert-OH is 1. The highest BCUT2D eigenvalue weighted by Gasteiger charge is 2.44. The van der Waals surface area contributed by atoms with Crippen LogP contribution in [0.2, 0.25) is 5.02 Å². The Kier molecular flexibility index (Phi) is 4.20. The number of benzene rings is 1. The van der Waals surface area contributed by atoms with Crippen molar-refractivity contribution < 1.29 is 14.6 Å². The third-order valence-electron chi connectivity index (χ3n) is 4.62. The molecule has 1 N–H and O–H groups in total. The maximum atomic E-state index is 12.5. The highest BCUT2D eigenvalue weighted by atomic mass is 35.5. The molecule has 1 aromatic rings. The van der Waals surface area contributed by atoms with Crippen LogP contribution in [0, 0.1) is 0 Å². The van der Waals surface area contributed by atoms with E-state index in [1.165, 1.54) is 0 Å². The third kappa shape index (κ3) is 2.80. The average Bonchev–Trinajstić information content (AvgIpc) is 2.51. The van der Waals surface area contributed by atoms with E-state index in [1.54, 1.807) is 17.0 Å². The number of hydrogen-bond donors (Lipinski definition) is 1. The number of halogens is 1. The Hall–Kier alpha value is -1.10. The quantitative estimate of drug-likeness (QED) is 0.867. The molecule has 114 valence electrons. The third-order valence-corrected chi connectivity index (χ3v) is 4.95. The SMILES string of the molecule is O=C(c1ccccc1Cl)N1CCC2(CC1)OCCCC2O. The predicted molar refractivity (Wildman–Crippen MR) is 80.5 cm³/mol. The van der Waals surface area contributed by atoms with Gasteiger partial charge in [-0.15, -0.1) is 0 Å². The molecule has 3 rings (SSSR count). The molecule has 0 aliphatic carbocycles. The van der Waals surface area contributed by atoms with Gasteiger partial charge in [-0.3, -0.25) is 4.79 Å². The zero-order chi connectivity index (χ0) is 14.9. The van der Waals surface area contributed by atoms with Crippen LogP contribution in [0.25, 0.3) is 0 Å². The number of amides is 1. The Morgan fingerprint density at radius 2 is 2.05 bits per heavy atom. The Labute approximate surface area is 129 Å². The molecule has 0 bridgehead atoms. The van der Waals surface area contributed by atoms with Crippen LogP contribution in [0.3, 0.4) is 0 Å². The number of likely N-dealkylation sites (tertiary alicyclic amines) is 1. The zero-order valence-corrected chi connectivity index (χ0v) is 12.7. The van der Waals surface area contributed by atoms with Crippen molar-refractivity contribution in [2.75, 3.05) is 19.7 Å². The Morgan fingerprint density at radius 3 is 2.71 bits per heavy atom. The number of piperidine rings is 1. The van der Waals surface area contributed by atoms with Crippen molar-refractivity contribution >= 4 is 17.5 Å². The average molecular weight is 310 g/mol. The molecule has 1 spiro atoms. The molecule has 4 nitrogen and oxygen atoms in total. The van der Waals surface area contributed by atoms with Crippen molar-refractivity contribution in [3.05, 3.63) is 34.9 Å². The molecule has 0 saturated carbocycles. The summed E-state index contributed by atoms with van der Waals surface area (Å²) in [6, 6.07) is 7.12. The highest BCUT2D eigenvalue weighted by Crippen LogP contribution is 2.35. The van der Waals surface area contributed by atoms with E-state index in [4.69, 9.17) is 16.3 Å². The van der Waals surface area contributed by atoms with Gasteiger partial charge in [-0.1, -0.05) is 23.7 Å².